The van der Waals surface area contributed by atoms with Gasteiger partial charge in [0.25, 0.3) is 0 Å². The lowest BCUT2D eigenvalue weighted by Crippen LogP contribution is -2.01. The van der Waals surface area contributed by atoms with Gasteiger partial charge in [0.05, 0.1) is 18.1 Å². The van der Waals surface area contributed by atoms with Crippen LogP contribution >= 0.6 is 11.6 Å². The van der Waals surface area contributed by atoms with Crippen molar-refractivity contribution in [3.05, 3.63) is 47.3 Å². The zero-order valence-corrected chi connectivity index (χ0v) is 9.83. The molecule has 3 nitrogen and oxygen atoms in total. The Balaban J connectivity index is 2.19. The van der Waals surface area contributed by atoms with Crippen LogP contribution in [0.1, 0.15) is 23.6 Å². The van der Waals surface area contributed by atoms with Crippen LogP contribution in [0.15, 0.2) is 24.4 Å². The zero-order chi connectivity index (χ0) is 12.4. The lowest BCUT2D eigenvalue weighted by Gasteiger charge is -2.01. The summed E-state index contributed by atoms with van der Waals surface area (Å²) in [5.74, 6) is -1.21. The van der Waals surface area contributed by atoms with Gasteiger partial charge in [-0.2, -0.15) is 0 Å². The third kappa shape index (κ3) is 3.00. The van der Waals surface area contributed by atoms with E-state index in [-0.39, 0.29) is 11.9 Å². The molecule has 1 heterocycles. The van der Waals surface area contributed by atoms with E-state index in [1.54, 1.807) is 13.1 Å². The summed E-state index contributed by atoms with van der Waals surface area (Å²) in [5.41, 5.74) is 1.12. The van der Waals surface area contributed by atoms with Gasteiger partial charge in [-0.25, -0.2) is 13.5 Å². The van der Waals surface area contributed by atoms with Gasteiger partial charge in [-0.15, -0.1) is 16.7 Å². The minimum atomic E-state index is -0.606. The monoisotopic (exact) mass is 257 g/mol. The van der Waals surface area contributed by atoms with E-state index in [0.717, 1.165) is 6.07 Å². The highest BCUT2D eigenvalue weighted by Crippen LogP contribution is 2.16. The molecule has 90 valence electrons. The minimum absolute atomic E-state index is 0.243. The number of alkyl halides is 1. The van der Waals surface area contributed by atoms with E-state index in [1.807, 2.05) is 0 Å². The van der Waals surface area contributed by atoms with Gasteiger partial charge < -0.3 is 0 Å². The Morgan fingerprint density at radius 2 is 1.94 bits per heavy atom. The van der Waals surface area contributed by atoms with Crippen molar-refractivity contribution in [1.29, 1.82) is 0 Å². The summed E-state index contributed by atoms with van der Waals surface area (Å²) in [6.45, 7) is 2.03. The number of aromatic nitrogens is 3. The number of benzene rings is 1. The van der Waals surface area contributed by atoms with Gasteiger partial charge in [0, 0.05) is 6.07 Å². The highest BCUT2D eigenvalue weighted by atomic mass is 35.5. The normalized spacial score (nSPS) is 12.7. The predicted octanol–water partition coefficient (Wildman–Crippen LogP) is 2.90. The second-order valence-corrected chi connectivity index (χ2v) is 4.39. The van der Waals surface area contributed by atoms with Crippen molar-refractivity contribution in [3.8, 4) is 0 Å². The van der Waals surface area contributed by atoms with Gasteiger partial charge in [-0.05, 0) is 24.6 Å². The molecule has 1 aromatic heterocycles. The molecule has 0 aliphatic rings. The van der Waals surface area contributed by atoms with Gasteiger partial charge in [0.2, 0.25) is 0 Å². The fraction of sp³-hybridized carbons (Fsp3) is 0.273. The molecule has 0 amide bonds. The molecule has 1 unspecified atom stereocenters. The number of nitrogens with zero attached hydrogens (tertiary/aromatic N) is 3. The first-order valence-corrected chi connectivity index (χ1v) is 5.47. The van der Waals surface area contributed by atoms with E-state index < -0.39 is 11.6 Å². The Hall–Kier alpha value is -1.49. The largest absolute Gasteiger partial charge is 0.248 e. The maximum atomic E-state index is 13.0. The summed E-state index contributed by atoms with van der Waals surface area (Å²) in [5, 5.41) is 7.44. The predicted molar refractivity (Wildman–Crippen MR) is 59.8 cm³/mol. The van der Waals surface area contributed by atoms with Crippen LogP contribution in [0.3, 0.4) is 0 Å². The highest BCUT2D eigenvalue weighted by Gasteiger charge is 2.07. The zero-order valence-electron chi connectivity index (χ0n) is 9.07. The van der Waals surface area contributed by atoms with Crippen molar-refractivity contribution in [2.75, 3.05) is 0 Å². The highest BCUT2D eigenvalue weighted by molar-refractivity contribution is 6.20. The molecular formula is C11H10ClF2N3. The van der Waals surface area contributed by atoms with Gasteiger partial charge in [0.15, 0.2) is 0 Å². The molecule has 0 aliphatic carbocycles. The second-order valence-electron chi connectivity index (χ2n) is 3.73. The van der Waals surface area contributed by atoms with Crippen molar-refractivity contribution in [1.82, 2.24) is 15.0 Å². The first kappa shape index (κ1) is 12.0. The maximum absolute atomic E-state index is 13.0. The van der Waals surface area contributed by atoms with Crippen molar-refractivity contribution < 1.29 is 8.78 Å². The van der Waals surface area contributed by atoms with Crippen LogP contribution in [0.2, 0.25) is 0 Å². The first-order chi connectivity index (χ1) is 8.04. The average molecular weight is 258 g/mol. The van der Waals surface area contributed by atoms with Crippen LogP contribution in [0, 0.1) is 11.6 Å². The average Bonchev–Trinajstić information content (AvgIpc) is 2.64. The Labute approximate surface area is 102 Å². The molecule has 1 atom stereocenters. The van der Waals surface area contributed by atoms with Crippen molar-refractivity contribution >= 4 is 11.6 Å². The molecule has 2 aromatic rings. The van der Waals surface area contributed by atoms with Crippen LogP contribution in [-0.2, 0) is 6.54 Å². The van der Waals surface area contributed by atoms with Crippen LogP contribution in [0.25, 0.3) is 0 Å². The quantitative estimate of drug-likeness (QED) is 0.792. The lowest BCUT2D eigenvalue weighted by atomic mass is 10.2. The topological polar surface area (TPSA) is 30.7 Å². The van der Waals surface area contributed by atoms with Gasteiger partial charge >= 0.3 is 0 Å². The molecule has 0 bridgehead atoms. The van der Waals surface area contributed by atoms with E-state index in [2.05, 4.69) is 10.3 Å². The molecule has 2 rings (SSSR count). The maximum Gasteiger partial charge on any atom is 0.126 e. The van der Waals surface area contributed by atoms with Crippen LogP contribution < -0.4 is 0 Å². The molecule has 1 aromatic carbocycles. The third-order valence-corrected chi connectivity index (χ3v) is 2.45. The van der Waals surface area contributed by atoms with Gasteiger partial charge in [-0.3, -0.25) is 0 Å². The van der Waals surface area contributed by atoms with Crippen LogP contribution in [0.4, 0.5) is 8.78 Å². The number of rotatable bonds is 3. The fourth-order valence-electron chi connectivity index (χ4n) is 1.46. The summed E-state index contributed by atoms with van der Waals surface area (Å²) >= 11 is 5.83. The molecule has 0 fully saturated rings. The van der Waals surface area contributed by atoms with E-state index in [9.17, 15) is 8.78 Å². The van der Waals surface area contributed by atoms with E-state index in [1.165, 1.54) is 16.8 Å². The molecule has 0 N–H and O–H groups in total. The number of hydrogen-bond acceptors (Lipinski definition) is 2. The Morgan fingerprint density at radius 3 is 2.47 bits per heavy atom. The summed E-state index contributed by atoms with van der Waals surface area (Å²) in [6.07, 6.45) is 1.65. The van der Waals surface area contributed by atoms with E-state index in [0.29, 0.717) is 11.3 Å². The van der Waals surface area contributed by atoms with E-state index in [4.69, 9.17) is 11.6 Å². The van der Waals surface area contributed by atoms with Crippen molar-refractivity contribution in [3.63, 3.8) is 0 Å². The van der Waals surface area contributed by atoms with Crippen molar-refractivity contribution in [2.45, 2.75) is 18.8 Å². The third-order valence-electron chi connectivity index (χ3n) is 2.23. The first-order valence-electron chi connectivity index (χ1n) is 5.03. The standard InChI is InChI=1S/C11H10ClF2N3/c1-7(12)11-6-17(16-15-11)5-8-2-9(13)4-10(14)3-8/h2-4,6-7H,5H2,1H3. The summed E-state index contributed by atoms with van der Waals surface area (Å²) in [7, 11) is 0. The lowest BCUT2D eigenvalue weighted by molar-refractivity contribution is 0.572. The Kier molecular flexibility index (Phi) is 3.38. The van der Waals surface area contributed by atoms with E-state index >= 15 is 0 Å². The number of hydrogen-bond donors (Lipinski definition) is 0. The van der Waals surface area contributed by atoms with Crippen LogP contribution in [0.5, 0.6) is 0 Å². The van der Waals surface area contributed by atoms with Gasteiger partial charge in [-0.1, -0.05) is 5.21 Å². The summed E-state index contributed by atoms with van der Waals surface area (Å²) < 4.78 is 27.4. The smallest absolute Gasteiger partial charge is 0.126 e. The molecule has 0 saturated carbocycles. The summed E-state index contributed by atoms with van der Waals surface area (Å²) in [4.78, 5) is 0. The molecule has 0 radical (unpaired) electrons. The Morgan fingerprint density at radius 1 is 1.29 bits per heavy atom. The molecule has 0 spiro atoms. The molecular weight excluding hydrogens is 248 g/mol. The molecule has 0 aliphatic heterocycles. The van der Waals surface area contributed by atoms with Gasteiger partial charge in [0.1, 0.15) is 17.3 Å². The number of halogens is 3. The minimum Gasteiger partial charge on any atom is -0.248 e. The fourth-order valence-corrected chi connectivity index (χ4v) is 1.56. The summed E-state index contributed by atoms with van der Waals surface area (Å²) in [6, 6.07) is 3.35. The molecule has 6 heteroatoms. The molecule has 0 saturated heterocycles. The molecule has 17 heavy (non-hydrogen) atoms. The SMILES string of the molecule is CC(Cl)c1cn(Cc2cc(F)cc(F)c2)nn1. The second kappa shape index (κ2) is 4.79. The Bertz CT molecular complexity index is 505. The van der Waals surface area contributed by atoms with Crippen LogP contribution in [-0.4, -0.2) is 15.0 Å². The van der Waals surface area contributed by atoms with Crippen molar-refractivity contribution in [2.24, 2.45) is 0 Å².